The van der Waals surface area contributed by atoms with Crippen molar-refractivity contribution in [2.45, 2.75) is 65.5 Å². The fourth-order valence-corrected chi connectivity index (χ4v) is 4.15. The van der Waals surface area contributed by atoms with E-state index in [0.29, 0.717) is 11.5 Å². The Hall–Kier alpha value is -0.120. The second kappa shape index (κ2) is 6.55. The highest BCUT2D eigenvalue weighted by Gasteiger charge is 2.34. The summed E-state index contributed by atoms with van der Waals surface area (Å²) in [6.45, 7) is 18.0. The zero-order valence-corrected chi connectivity index (χ0v) is 15.2. The van der Waals surface area contributed by atoms with Gasteiger partial charge in [-0.3, -0.25) is 4.90 Å². The molecule has 3 nitrogen and oxygen atoms in total. The molecule has 1 N–H and O–H groups in total. The number of rotatable bonds is 4. The second-order valence-corrected chi connectivity index (χ2v) is 8.97. The minimum absolute atomic E-state index is 0.272. The summed E-state index contributed by atoms with van der Waals surface area (Å²) >= 11 is 0. The van der Waals surface area contributed by atoms with E-state index in [1.54, 1.807) is 0 Å². The zero-order chi connectivity index (χ0) is 15.7. The van der Waals surface area contributed by atoms with Crippen LogP contribution in [0.25, 0.3) is 0 Å². The maximum atomic E-state index is 3.90. The molecule has 0 aromatic heterocycles. The number of nitrogens with zero attached hydrogens (tertiary/aromatic N) is 2. The third-order valence-corrected chi connectivity index (χ3v) is 5.85. The van der Waals surface area contributed by atoms with Crippen LogP contribution in [-0.4, -0.2) is 61.2 Å². The predicted molar refractivity (Wildman–Crippen MR) is 91.7 cm³/mol. The lowest BCUT2D eigenvalue weighted by Gasteiger charge is -2.45. The van der Waals surface area contributed by atoms with Crippen molar-refractivity contribution >= 4 is 0 Å². The molecule has 0 aromatic carbocycles. The number of piperazine rings is 1. The van der Waals surface area contributed by atoms with Crippen LogP contribution in [-0.2, 0) is 0 Å². The van der Waals surface area contributed by atoms with E-state index in [1.807, 2.05) is 0 Å². The van der Waals surface area contributed by atoms with Gasteiger partial charge in [-0.15, -0.1) is 0 Å². The molecule has 124 valence electrons. The normalized spacial score (nSPS) is 32.3. The fraction of sp³-hybridized carbons (Fsp3) is 1.00. The molecule has 2 rings (SSSR count). The van der Waals surface area contributed by atoms with Gasteiger partial charge in [0.15, 0.2) is 0 Å². The van der Waals surface area contributed by atoms with E-state index in [1.165, 1.54) is 45.4 Å². The molecule has 0 spiro atoms. The summed E-state index contributed by atoms with van der Waals surface area (Å²) in [5, 5.41) is 3.90. The van der Waals surface area contributed by atoms with Gasteiger partial charge in [0.05, 0.1) is 0 Å². The summed E-state index contributed by atoms with van der Waals surface area (Å²) in [7, 11) is 2.23. The third kappa shape index (κ3) is 4.67. The number of hydrogen-bond donors (Lipinski definition) is 1. The van der Waals surface area contributed by atoms with Crippen LogP contribution in [0.4, 0.5) is 0 Å². The summed E-state index contributed by atoms with van der Waals surface area (Å²) in [6, 6.07) is 0.713. The van der Waals surface area contributed by atoms with Crippen molar-refractivity contribution in [3.05, 3.63) is 0 Å². The van der Waals surface area contributed by atoms with Crippen molar-refractivity contribution in [2.75, 3.05) is 39.8 Å². The Kier molecular flexibility index (Phi) is 5.38. The standard InChI is InChI=1S/C18H37N3/c1-15-13-17(2,3)8-7-16(15)19-14-18(4,5)21-11-9-20(6)10-12-21/h15-16,19H,7-14H2,1-6H3. The average Bonchev–Trinajstić information content (AvgIpc) is 2.37. The summed E-state index contributed by atoms with van der Waals surface area (Å²) in [5.74, 6) is 0.803. The summed E-state index contributed by atoms with van der Waals surface area (Å²) in [4.78, 5) is 5.10. The highest BCUT2D eigenvalue weighted by Crippen LogP contribution is 2.38. The topological polar surface area (TPSA) is 18.5 Å². The van der Waals surface area contributed by atoms with E-state index in [9.17, 15) is 0 Å². The lowest BCUT2D eigenvalue weighted by Crippen LogP contribution is -2.59. The van der Waals surface area contributed by atoms with Crippen molar-refractivity contribution in [3.63, 3.8) is 0 Å². The molecular weight excluding hydrogens is 258 g/mol. The van der Waals surface area contributed by atoms with Crippen molar-refractivity contribution in [2.24, 2.45) is 11.3 Å². The largest absolute Gasteiger partial charge is 0.312 e. The zero-order valence-electron chi connectivity index (χ0n) is 15.2. The molecule has 3 heteroatoms. The van der Waals surface area contributed by atoms with Crippen LogP contribution < -0.4 is 5.32 Å². The van der Waals surface area contributed by atoms with Crippen LogP contribution in [0.1, 0.15) is 53.9 Å². The highest BCUT2D eigenvalue weighted by molar-refractivity contribution is 4.91. The molecule has 1 heterocycles. The van der Waals surface area contributed by atoms with Gasteiger partial charge in [0.25, 0.3) is 0 Å². The lowest BCUT2D eigenvalue weighted by atomic mass is 9.70. The van der Waals surface area contributed by atoms with Gasteiger partial charge < -0.3 is 10.2 Å². The van der Waals surface area contributed by atoms with Crippen molar-refractivity contribution in [1.29, 1.82) is 0 Å². The molecule has 1 saturated heterocycles. The molecule has 0 bridgehead atoms. The van der Waals surface area contributed by atoms with Gasteiger partial charge in [0.2, 0.25) is 0 Å². The van der Waals surface area contributed by atoms with Crippen LogP contribution >= 0.6 is 0 Å². The Balaban J connectivity index is 1.81. The Morgan fingerprint density at radius 2 is 1.76 bits per heavy atom. The maximum absolute atomic E-state index is 3.90. The summed E-state index contributed by atoms with van der Waals surface area (Å²) < 4.78 is 0. The second-order valence-electron chi connectivity index (χ2n) is 8.97. The van der Waals surface area contributed by atoms with E-state index in [0.717, 1.165) is 12.5 Å². The molecule has 2 fully saturated rings. The molecule has 1 saturated carbocycles. The van der Waals surface area contributed by atoms with Crippen molar-refractivity contribution < 1.29 is 0 Å². The quantitative estimate of drug-likeness (QED) is 0.860. The molecule has 2 unspecified atom stereocenters. The van der Waals surface area contributed by atoms with Gasteiger partial charge in [-0.25, -0.2) is 0 Å². The van der Waals surface area contributed by atoms with E-state index in [-0.39, 0.29) is 5.54 Å². The smallest absolute Gasteiger partial charge is 0.0278 e. The summed E-state index contributed by atoms with van der Waals surface area (Å²) in [5.41, 5.74) is 0.818. The molecule has 0 amide bonds. The Morgan fingerprint density at radius 1 is 1.14 bits per heavy atom. The van der Waals surface area contributed by atoms with E-state index in [2.05, 4.69) is 56.8 Å². The third-order valence-electron chi connectivity index (χ3n) is 5.85. The Labute approximate surface area is 132 Å². The first-order valence-corrected chi connectivity index (χ1v) is 8.87. The first-order valence-electron chi connectivity index (χ1n) is 8.87. The Bertz CT molecular complexity index is 329. The van der Waals surface area contributed by atoms with E-state index < -0.39 is 0 Å². The van der Waals surface area contributed by atoms with Gasteiger partial charge in [0, 0.05) is 44.3 Å². The van der Waals surface area contributed by atoms with E-state index in [4.69, 9.17) is 0 Å². The lowest BCUT2D eigenvalue weighted by molar-refractivity contribution is 0.0540. The van der Waals surface area contributed by atoms with Crippen molar-refractivity contribution in [1.82, 2.24) is 15.1 Å². The average molecular weight is 296 g/mol. The van der Waals surface area contributed by atoms with Gasteiger partial charge in [-0.2, -0.15) is 0 Å². The molecule has 1 aliphatic heterocycles. The van der Waals surface area contributed by atoms with Gasteiger partial charge in [0.1, 0.15) is 0 Å². The van der Waals surface area contributed by atoms with Crippen molar-refractivity contribution in [3.8, 4) is 0 Å². The molecule has 0 radical (unpaired) electrons. The fourth-order valence-electron chi connectivity index (χ4n) is 4.15. The Morgan fingerprint density at radius 3 is 2.33 bits per heavy atom. The minimum Gasteiger partial charge on any atom is -0.312 e. The number of nitrogens with one attached hydrogen (secondary N) is 1. The number of hydrogen-bond acceptors (Lipinski definition) is 3. The van der Waals surface area contributed by atoms with Crippen LogP contribution in [0.15, 0.2) is 0 Å². The molecule has 1 aliphatic carbocycles. The SMILES string of the molecule is CC1CC(C)(C)CCC1NCC(C)(C)N1CCN(C)CC1. The molecule has 2 aliphatic rings. The molecule has 21 heavy (non-hydrogen) atoms. The van der Waals surface area contributed by atoms with Gasteiger partial charge >= 0.3 is 0 Å². The molecule has 0 aromatic rings. The first kappa shape index (κ1) is 17.2. The predicted octanol–water partition coefficient (Wildman–Crippen LogP) is 2.82. The van der Waals surface area contributed by atoms with E-state index >= 15 is 0 Å². The monoisotopic (exact) mass is 295 g/mol. The minimum atomic E-state index is 0.272. The molecular formula is C18H37N3. The van der Waals surface area contributed by atoms with Crippen LogP contribution in [0.2, 0.25) is 0 Å². The highest BCUT2D eigenvalue weighted by atomic mass is 15.3. The van der Waals surface area contributed by atoms with Gasteiger partial charge in [-0.1, -0.05) is 20.8 Å². The van der Waals surface area contributed by atoms with Crippen LogP contribution in [0, 0.1) is 11.3 Å². The maximum Gasteiger partial charge on any atom is 0.0278 e. The summed E-state index contributed by atoms with van der Waals surface area (Å²) in [6.07, 6.45) is 4.07. The molecule has 2 atom stereocenters. The van der Waals surface area contributed by atoms with Crippen LogP contribution in [0.3, 0.4) is 0 Å². The number of likely N-dealkylation sites (N-methyl/N-ethyl adjacent to an activating group) is 1. The van der Waals surface area contributed by atoms with Gasteiger partial charge in [-0.05, 0) is 51.5 Å². The first-order chi connectivity index (χ1) is 9.70. The van der Waals surface area contributed by atoms with Crippen LogP contribution in [0.5, 0.6) is 0 Å².